The molecule has 3 nitrogen and oxygen atoms in total. The monoisotopic (exact) mass is 193 g/mol. The minimum atomic E-state index is -0.694. The standard InChI is InChI=1S/C8H19NO2S/c1-8(10,7-9)3-5-12-6-4-11-2/h10H,3-7,9H2,1-2H3. The summed E-state index contributed by atoms with van der Waals surface area (Å²) < 4.78 is 4.89. The fourth-order valence-corrected chi connectivity index (χ4v) is 1.71. The summed E-state index contributed by atoms with van der Waals surface area (Å²) in [4.78, 5) is 0. The van der Waals surface area contributed by atoms with E-state index in [9.17, 15) is 5.11 Å². The molecule has 1 unspecified atom stereocenters. The van der Waals surface area contributed by atoms with Gasteiger partial charge in [-0.1, -0.05) is 0 Å². The second kappa shape index (κ2) is 6.71. The molecule has 0 aromatic rings. The molecule has 0 radical (unpaired) electrons. The number of thioether (sulfide) groups is 1. The average Bonchev–Trinajstić information content (AvgIpc) is 2.04. The summed E-state index contributed by atoms with van der Waals surface area (Å²) in [5, 5.41) is 9.51. The van der Waals surface area contributed by atoms with E-state index >= 15 is 0 Å². The van der Waals surface area contributed by atoms with Crippen LogP contribution in [0.4, 0.5) is 0 Å². The van der Waals surface area contributed by atoms with Gasteiger partial charge in [0.2, 0.25) is 0 Å². The number of methoxy groups -OCH3 is 1. The topological polar surface area (TPSA) is 55.5 Å². The second-order valence-corrected chi connectivity index (χ2v) is 4.28. The summed E-state index contributed by atoms with van der Waals surface area (Å²) >= 11 is 1.78. The Bertz CT molecular complexity index is 109. The lowest BCUT2D eigenvalue weighted by molar-refractivity contribution is 0.0665. The summed E-state index contributed by atoms with van der Waals surface area (Å²) in [6.07, 6.45) is 0.748. The quantitative estimate of drug-likeness (QED) is 0.577. The zero-order valence-electron chi connectivity index (χ0n) is 7.88. The van der Waals surface area contributed by atoms with Crippen molar-refractivity contribution in [3.63, 3.8) is 0 Å². The molecule has 0 aliphatic heterocycles. The van der Waals surface area contributed by atoms with Gasteiger partial charge in [0.25, 0.3) is 0 Å². The highest BCUT2D eigenvalue weighted by Gasteiger charge is 2.16. The van der Waals surface area contributed by atoms with Crippen LogP contribution in [-0.4, -0.2) is 42.5 Å². The van der Waals surface area contributed by atoms with Gasteiger partial charge in [-0.2, -0.15) is 11.8 Å². The Kier molecular flexibility index (Phi) is 6.84. The van der Waals surface area contributed by atoms with Crippen LogP contribution in [0.15, 0.2) is 0 Å². The Morgan fingerprint density at radius 2 is 2.17 bits per heavy atom. The number of ether oxygens (including phenoxy) is 1. The van der Waals surface area contributed by atoms with Crippen LogP contribution in [0, 0.1) is 0 Å². The first-order valence-electron chi connectivity index (χ1n) is 4.11. The van der Waals surface area contributed by atoms with Crippen LogP contribution in [0.25, 0.3) is 0 Å². The molecule has 4 heteroatoms. The van der Waals surface area contributed by atoms with E-state index in [0.29, 0.717) is 6.54 Å². The molecule has 0 rings (SSSR count). The van der Waals surface area contributed by atoms with Gasteiger partial charge in [0.15, 0.2) is 0 Å². The Hall–Kier alpha value is 0.230. The average molecular weight is 193 g/mol. The summed E-state index contributed by atoms with van der Waals surface area (Å²) in [7, 11) is 1.69. The molecule has 0 heterocycles. The molecule has 0 bridgehead atoms. The molecule has 74 valence electrons. The van der Waals surface area contributed by atoms with Gasteiger partial charge in [0.1, 0.15) is 0 Å². The molecule has 12 heavy (non-hydrogen) atoms. The summed E-state index contributed by atoms with van der Waals surface area (Å²) in [6.45, 7) is 2.87. The van der Waals surface area contributed by atoms with E-state index in [1.165, 1.54) is 0 Å². The van der Waals surface area contributed by atoms with E-state index in [0.717, 1.165) is 24.5 Å². The number of nitrogens with two attached hydrogens (primary N) is 1. The Balaban J connectivity index is 3.19. The van der Waals surface area contributed by atoms with E-state index in [2.05, 4.69) is 0 Å². The van der Waals surface area contributed by atoms with E-state index in [4.69, 9.17) is 10.5 Å². The maximum absolute atomic E-state index is 9.51. The molecule has 0 aliphatic carbocycles. The van der Waals surface area contributed by atoms with Crippen LogP contribution in [-0.2, 0) is 4.74 Å². The lowest BCUT2D eigenvalue weighted by atomic mass is 10.1. The van der Waals surface area contributed by atoms with Crippen molar-refractivity contribution in [2.75, 3.05) is 31.8 Å². The highest BCUT2D eigenvalue weighted by molar-refractivity contribution is 7.99. The lowest BCUT2D eigenvalue weighted by Crippen LogP contribution is -2.34. The predicted molar refractivity (Wildman–Crippen MR) is 53.5 cm³/mol. The van der Waals surface area contributed by atoms with Crippen LogP contribution >= 0.6 is 11.8 Å². The Labute approximate surface area is 78.7 Å². The molecule has 0 aromatic heterocycles. The van der Waals surface area contributed by atoms with Gasteiger partial charge in [-0.3, -0.25) is 0 Å². The van der Waals surface area contributed by atoms with Crippen LogP contribution in [0.1, 0.15) is 13.3 Å². The number of aliphatic hydroxyl groups is 1. The fraction of sp³-hybridized carbons (Fsp3) is 1.00. The molecule has 0 amide bonds. The maximum atomic E-state index is 9.51. The highest BCUT2D eigenvalue weighted by Crippen LogP contribution is 2.12. The third-order valence-electron chi connectivity index (χ3n) is 1.66. The van der Waals surface area contributed by atoms with E-state index in [1.54, 1.807) is 25.8 Å². The smallest absolute Gasteiger partial charge is 0.0749 e. The third-order valence-corrected chi connectivity index (χ3v) is 2.60. The van der Waals surface area contributed by atoms with Crippen LogP contribution in [0.3, 0.4) is 0 Å². The van der Waals surface area contributed by atoms with E-state index < -0.39 is 5.60 Å². The van der Waals surface area contributed by atoms with Gasteiger partial charge in [-0.25, -0.2) is 0 Å². The first kappa shape index (κ1) is 12.2. The van der Waals surface area contributed by atoms with Crippen molar-refractivity contribution >= 4 is 11.8 Å². The van der Waals surface area contributed by atoms with Gasteiger partial charge in [0.05, 0.1) is 12.2 Å². The van der Waals surface area contributed by atoms with Crippen molar-refractivity contribution in [2.24, 2.45) is 5.73 Å². The van der Waals surface area contributed by atoms with Crippen LogP contribution in [0.5, 0.6) is 0 Å². The maximum Gasteiger partial charge on any atom is 0.0749 e. The summed E-state index contributed by atoms with van der Waals surface area (Å²) in [5.74, 6) is 1.92. The second-order valence-electron chi connectivity index (χ2n) is 3.06. The molecular formula is C8H19NO2S. The van der Waals surface area contributed by atoms with Gasteiger partial charge < -0.3 is 15.6 Å². The van der Waals surface area contributed by atoms with Crippen molar-refractivity contribution in [1.29, 1.82) is 0 Å². The number of hydrogen-bond acceptors (Lipinski definition) is 4. The summed E-state index contributed by atoms with van der Waals surface area (Å²) in [6, 6.07) is 0. The Morgan fingerprint density at radius 1 is 1.50 bits per heavy atom. The largest absolute Gasteiger partial charge is 0.389 e. The molecule has 0 fully saturated rings. The zero-order valence-corrected chi connectivity index (χ0v) is 8.69. The third kappa shape index (κ3) is 6.91. The van der Waals surface area contributed by atoms with Gasteiger partial charge >= 0.3 is 0 Å². The molecule has 0 saturated carbocycles. The van der Waals surface area contributed by atoms with Gasteiger partial charge in [-0.05, 0) is 19.1 Å². The molecule has 3 N–H and O–H groups in total. The number of rotatable bonds is 7. The van der Waals surface area contributed by atoms with Crippen molar-refractivity contribution in [2.45, 2.75) is 18.9 Å². The van der Waals surface area contributed by atoms with Gasteiger partial charge in [0, 0.05) is 19.4 Å². The van der Waals surface area contributed by atoms with Crippen LogP contribution in [0.2, 0.25) is 0 Å². The SMILES string of the molecule is COCCSCCC(C)(O)CN. The molecule has 1 atom stereocenters. The molecule has 0 saturated heterocycles. The molecular weight excluding hydrogens is 174 g/mol. The Morgan fingerprint density at radius 3 is 2.67 bits per heavy atom. The fourth-order valence-electron chi connectivity index (χ4n) is 0.638. The van der Waals surface area contributed by atoms with Crippen LogP contribution < -0.4 is 5.73 Å². The minimum absolute atomic E-state index is 0.331. The van der Waals surface area contributed by atoms with E-state index in [1.807, 2.05) is 0 Å². The van der Waals surface area contributed by atoms with Crippen molar-refractivity contribution in [1.82, 2.24) is 0 Å². The van der Waals surface area contributed by atoms with Crippen molar-refractivity contribution in [3.8, 4) is 0 Å². The molecule has 0 aromatic carbocycles. The van der Waals surface area contributed by atoms with Crippen molar-refractivity contribution in [3.05, 3.63) is 0 Å². The zero-order chi connectivity index (χ0) is 9.45. The predicted octanol–water partition coefficient (Wildman–Crippen LogP) is 0.466. The number of hydrogen-bond donors (Lipinski definition) is 2. The first-order chi connectivity index (χ1) is 5.62. The first-order valence-corrected chi connectivity index (χ1v) is 5.27. The lowest BCUT2D eigenvalue weighted by Gasteiger charge is -2.20. The van der Waals surface area contributed by atoms with Gasteiger partial charge in [-0.15, -0.1) is 0 Å². The normalized spacial score (nSPS) is 16.0. The minimum Gasteiger partial charge on any atom is -0.389 e. The van der Waals surface area contributed by atoms with E-state index in [-0.39, 0.29) is 0 Å². The summed E-state index contributed by atoms with van der Waals surface area (Å²) in [5.41, 5.74) is 4.67. The highest BCUT2D eigenvalue weighted by atomic mass is 32.2. The molecule has 0 aliphatic rings. The van der Waals surface area contributed by atoms with Crippen molar-refractivity contribution < 1.29 is 9.84 Å². The molecule has 0 spiro atoms.